The van der Waals surface area contributed by atoms with Crippen LogP contribution in [0.15, 0.2) is 24.3 Å². The number of hydrogen-bond donors (Lipinski definition) is 2. The third-order valence-corrected chi connectivity index (χ3v) is 7.28. The molecular weight excluding hydrogens is 436 g/mol. The number of hydrogen-bond acceptors (Lipinski definition) is 8. The summed E-state index contributed by atoms with van der Waals surface area (Å²) in [5, 5.41) is 21.7. The molecular formula is C26H30N2O6. The molecule has 3 aliphatic heterocycles. The number of cyclic esters (lactones) is 2. The maximum atomic E-state index is 11.8. The Labute approximate surface area is 198 Å². The lowest BCUT2D eigenvalue weighted by Crippen LogP contribution is -2.54. The van der Waals surface area contributed by atoms with Gasteiger partial charge in [-0.3, -0.25) is 9.80 Å². The van der Waals surface area contributed by atoms with E-state index in [1.807, 2.05) is 47.9 Å². The minimum atomic E-state index is -0.634. The highest BCUT2D eigenvalue weighted by molar-refractivity contribution is 5.94. The monoisotopic (exact) mass is 466 g/mol. The Morgan fingerprint density at radius 3 is 1.50 bits per heavy atom. The second-order valence-electron chi connectivity index (χ2n) is 9.47. The Bertz CT molecular complexity index is 1050. The van der Waals surface area contributed by atoms with Crippen LogP contribution in [0.1, 0.15) is 54.1 Å². The second-order valence-corrected chi connectivity index (χ2v) is 9.47. The fraction of sp³-hybridized carbons (Fsp3) is 0.462. The van der Waals surface area contributed by atoms with Crippen LogP contribution in [-0.2, 0) is 35.5 Å². The molecule has 2 atom stereocenters. The maximum absolute atomic E-state index is 11.8. The van der Waals surface area contributed by atoms with Crippen LogP contribution in [0.4, 0.5) is 0 Å². The summed E-state index contributed by atoms with van der Waals surface area (Å²) in [5.74, 6) is -0.562. The summed E-state index contributed by atoms with van der Waals surface area (Å²) in [4.78, 5) is 27.6. The van der Waals surface area contributed by atoms with Gasteiger partial charge in [-0.2, -0.15) is 0 Å². The number of ether oxygens (including phenoxy) is 2. The molecule has 3 heterocycles. The van der Waals surface area contributed by atoms with Gasteiger partial charge in [0.15, 0.2) is 0 Å². The van der Waals surface area contributed by atoms with E-state index in [0.717, 1.165) is 33.4 Å². The van der Waals surface area contributed by atoms with Gasteiger partial charge in [0, 0.05) is 50.1 Å². The largest absolute Gasteiger partial charge is 0.457 e. The minimum absolute atomic E-state index is 0.281. The van der Waals surface area contributed by atoms with Crippen LogP contribution in [-0.4, -0.2) is 70.6 Å². The third kappa shape index (κ3) is 4.34. The predicted molar refractivity (Wildman–Crippen MR) is 123 cm³/mol. The standard InChI is InChI=1S/C26H30N2O6/c1-15-7-21-19(13-33-25(21)31)9-17(15)11-23(29)27-3-5-28(6-4-27)24(30)12-18-10-20-14-34-26(32)22(20)8-16(18)2/h7-10,23-24,29-30H,3-6,11-14H2,1-2H3. The van der Waals surface area contributed by atoms with Gasteiger partial charge in [0.2, 0.25) is 0 Å². The highest BCUT2D eigenvalue weighted by Gasteiger charge is 2.29. The van der Waals surface area contributed by atoms with Crippen molar-refractivity contribution in [1.82, 2.24) is 9.80 Å². The molecule has 34 heavy (non-hydrogen) atoms. The van der Waals surface area contributed by atoms with E-state index in [-0.39, 0.29) is 11.9 Å². The number of aliphatic hydroxyl groups excluding tert-OH is 2. The van der Waals surface area contributed by atoms with Gasteiger partial charge >= 0.3 is 11.9 Å². The first-order valence-electron chi connectivity index (χ1n) is 11.7. The molecule has 0 radical (unpaired) electrons. The number of fused-ring (bicyclic) bond motifs is 2. The first-order valence-corrected chi connectivity index (χ1v) is 11.7. The first-order chi connectivity index (χ1) is 16.3. The van der Waals surface area contributed by atoms with Crippen molar-refractivity contribution in [2.24, 2.45) is 0 Å². The molecule has 1 fully saturated rings. The Morgan fingerprint density at radius 1 is 0.735 bits per heavy atom. The lowest BCUT2D eigenvalue weighted by molar-refractivity contribution is -0.0681. The van der Waals surface area contributed by atoms with Crippen LogP contribution in [0.5, 0.6) is 0 Å². The van der Waals surface area contributed by atoms with E-state index < -0.39 is 12.5 Å². The maximum Gasteiger partial charge on any atom is 0.338 e. The van der Waals surface area contributed by atoms with E-state index >= 15 is 0 Å². The number of piperazine rings is 1. The zero-order valence-corrected chi connectivity index (χ0v) is 19.5. The Morgan fingerprint density at radius 2 is 1.12 bits per heavy atom. The highest BCUT2D eigenvalue weighted by Crippen LogP contribution is 2.27. The molecule has 2 aromatic carbocycles. The zero-order chi connectivity index (χ0) is 24.0. The Hall–Kier alpha value is -2.78. The molecule has 0 bridgehead atoms. The lowest BCUT2D eigenvalue weighted by Gasteiger charge is -2.39. The van der Waals surface area contributed by atoms with Crippen LogP contribution in [0.2, 0.25) is 0 Å². The summed E-state index contributed by atoms with van der Waals surface area (Å²) in [6, 6.07) is 7.64. The molecule has 0 amide bonds. The van der Waals surface area contributed by atoms with Crippen molar-refractivity contribution in [3.63, 3.8) is 0 Å². The molecule has 0 aliphatic carbocycles. The number of aliphatic hydroxyl groups is 2. The average molecular weight is 467 g/mol. The third-order valence-electron chi connectivity index (χ3n) is 7.28. The Kier molecular flexibility index (Phi) is 6.16. The van der Waals surface area contributed by atoms with Crippen molar-refractivity contribution in [2.45, 2.75) is 52.4 Å². The number of esters is 2. The number of carbonyl (C=O) groups is 2. The average Bonchev–Trinajstić information content (AvgIpc) is 3.36. The number of aryl methyl sites for hydroxylation is 2. The first kappa shape index (κ1) is 23.0. The smallest absolute Gasteiger partial charge is 0.338 e. The van der Waals surface area contributed by atoms with Crippen molar-refractivity contribution in [3.05, 3.63) is 68.8 Å². The molecule has 1 saturated heterocycles. The van der Waals surface area contributed by atoms with E-state index in [0.29, 0.717) is 63.4 Å². The SMILES string of the molecule is Cc1cc2c(cc1CC(O)N1CCN(C(O)Cc3cc4c(cc3C)C(=O)OC4)CC1)COC2=O. The molecule has 0 aromatic heterocycles. The number of rotatable bonds is 6. The topological polar surface area (TPSA) is 99.5 Å². The van der Waals surface area contributed by atoms with Crippen molar-refractivity contribution >= 4 is 11.9 Å². The number of benzene rings is 2. The summed E-state index contributed by atoms with van der Waals surface area (Å²) < 4.78 is 10.2. The quantitative estimate of drug-likeness (QED) is 0.621. The van der Waals surface area contributed by atoms with E-state index in [1.54, 1.807) is 0 Å². The molecule has 0 saturated carbocycles. The van der Waals surface area contributed by atoms with E-state index in [4.69, 9.17) is 9.47 Å². The van der Waals surface area contributed by atoms with E-state index in [9.17, 15) is 19.8 Å². The fourth-order valence-corrected chi connectivity index (χ4v) is 5.09. The van der Waals surface area contributed by atoms with Crippen LogP contribution in [0, 0.1) is 13.8 Å². The van der Waals surface area contributed by atoms with Crippen LogP contribution in [0.25, 0.3) is 0 Å². The summed E-state index contributed by atoms with van der Waals surface area (Å²) in [7, 11) is 0. The summed E-state index contributed by atoms with van der Waals surface area (Å²) >= 11 is 0. The van der Waals surface area contributed by atoms with Gasteiger partial charge in [-0.25, -0.2) is 9.59 Å². The van der Waals surface area contributed by atoms with Crippen LogP contribution in [0.3, 0.4) is 0 Å². The summed E-state index contributed by atoms with van der Waals surface area (Å²) in [6.07, 6.45) is -0.313. The summed E-state index contributed by atoms with van der Waals surface area (Å²) in [6.45, 7) is 7.08. The predicted octanol–water partition coefficient (Wildman–Crippen LogP) is 1.68. The molecule has 2 aromatic rings. The zero-order valence-electron chi connectivity index (χ0n) is 19.5. The van der Waals surface area contributed by atoms with Crippen molar-refractivity contribution in [1.29, 1.82) is 0 Å². The van der Waals surface area contributed by atoms with Crippen molar-refractivity contribution < 1.29 is 29.3 Å². The molecule has 3 aliphatic rings. The molecule has 2 N–H and O–H groups in total. The fourth-order valence-electron chi connectivity index (χ4n) is 5.09. The molecule has 180 valence electrons. The highest BCUT2D eigenvalue weighted by atomic mass is 16.5. The molecule has 5 rings (SSSR count). The van der Waals surface area contributed by atoms with Gasteiger partial charge in [0.1, 0.15) is 25.7 Å². The van der Waals surface area contributed by atoms with E-state index in [1.165, 1.54) is 0 Å². The van der Waals surface area contributed by atoms with Gasteiger partial charge in [-0.05, 0) is 48.2 Å². The van der Waals surface area contributed by atoms with Gasteiger partial charge in [0.25, 0.3) is 0 Å². The number of nitrogens with zero attached hydrogens (tertiary/aromatic N) is 2. The van der Waals surface area contributed by atoms with Gasteiger partial charge in [0.05, 0.1) is 11.1 Å². The molecule has 2 unspecified atom stereocenters. The van der Waals surface area contributed by atoms with Crippen molar-refractivity contribution in [2.75, 3.05) is 26.2 Å². The molecule has 0 spiro atoms. The molecule has 8 heteroatoms. The normalized spacial score (nSPS) is 20.0. The second kappa shape index (κ2) is 9.11. The Balaban J connectivity index is 1.17. The van der Waals surface area contributed by atoms with Crippen LogP contribution < -0.4 is 0 Å². The van der Waals surface area contributed by atoms with E-state index in [2.05, 4.69) is 0 Å². The van der Waals surface area contributed by atoms with Gasteiger partial charge in [-0.1, -0.05) is 12.1 Å². The lowest BCUT2D eigenvalue weighted by atomic mass is 9.97. The number of carbonyl (C=O) groups excluding carboxylic acids is 2. The summed E-state index contributed by atoms with van der Waals surface area (Å²) in [5.41, 5.74) is 6.98. The molecule has 8 nitrogen and oxygen atoms in total. The van der Waals surface area contributed by atoms with Gasteiger partial charge in [-0.15, -0.1) is 0 Å². The minimum Gasteiger partial charge on any atom is -0.457 e. The van der Waals surface area contributed by atoms with Crippen molar-refractivity contribution in [3.8, 4) is 0 Å². The van der Waals surface area contributed by atoms with Crippen LogP contribution >= 0.6 is 0 Å². The van der Waals surface area contributed by atoms with Gasteiger partial charge < -0.3 is 19.7 Å².